The van der Waals surface area contributed by atoms with E-state index in [9.17, 15) is 4.79 Å². The summed E-state index contributed by atoms with van der Waals surface area (Å²) in [5.41, 5.74) is 0.378. The lowest BCUT2D eigenvalue weighted by Crippen LogP contribution is -2.41. The van der Waals surface area contributed by atoms with Gasteiger partial charge in [0.1, 0.15) is 6.07 Å². The summed E-state index contributed by atoms with van der Waals surface area (Å²) in [5, 5.41) is 12.2. The minimum Gasteiger partial charge on any atom is -0.354 e. The predicted octanol–water partition coefficient (Wildman–Crippen LogP) is 1.62. The van der Waals surface area contributed by atoms with Gasteiger partial charge < -0.3 is 10.2 Å². The van der Waals surface area contributed by atoms with E-state index in [1.165, 1.54) is 6.42 Å². The molecule has 1 N–H and O–H groups in total. The van der Waals surface area contributed by atoms with Crippen molar-refractivity contribution in [3.05, 3.63) is 18.1 Å². The molecule has 2 heterocycles. The monoisotopic (exact) mass is 299 g/mol. The van der Waals surface area contributed by atoms with E-state index in [0.717, 1.165) is 38.8 Å². The molecule has 1 saturated heterocycles. The lowest BCUT2D eigenvalue weighted by molar-refractivity contribution is -0.123. The maximum Gasteiger partial charge on any atom is 0.220 e. The first-order valence-electron chi connectivity index (χ1n) is 8.01. The van der Waals surface area contributed by atoms with E-state index in [-0.39, 0.29) is 5.91 Å². The topological polar surface area (TPSA) is 81.9 Å². The third-order valence-electron chi connectivity index (χ3n) is 4.64. The highest BCUT2D eigenvalue weighted by Gasteiger charge is 2.25. The second kappa shape index (κ2) is 6.73. The van der Waals surface area contributed by atoms with Gasteiger partial charge in [0.2, 0.25) is 5.91 Å². The van der Waals surface area contributed by atoms with Gasteiger partial charge in [-0.3, -0.25) is 4.79 Å². The number of rotatable bonds is 4. The Balaban J connectivity index is 1.49. The molecule has 1 aliphatic heterocycles. The second-order valence-corrected chi connectivity index (χ2v) is 6.17. The molecule has 0 atom stereocenters. The summed E-state index contributed by atoms with van der Waals surface area (Å²) in [6, 6.07) is 2.51. The van der Waals surface area contributed by atoms with Crippen molar-refractivity contribution >= 4 is 11.7 Å². The van der Waals surface area contributed by atoms with Crippen molar-refractivity contribution < 1.29 is 4.79 Å². The number of nitrogens with one attached hydrogen (secondary N) is 1. The van der Waals surface area contributed by atoms with Crippen molar-refractivity contribution in [3.63, 3.8) is 0 Å². The second-order valence-electron chi connectivity index (χ2n) is 6.17. The standard InChI is InChI=1S/C16H21N5O/c17-11-14-16(19-7-6-18-14)21-8-4-12(5-9-21)10-15(22)20-13-2-1-3-13/h6-7,12-13H,1-5,8-10H2,(H,20,22). The molecular weight excluding hydrogens is 278 g/mol. The highest BCUT2D eigenvalue weighted by atomic mass is 16.1. The molecule has 0 spiro atoms. The van der Waals surface area contributed by atoms with Gasteiger partial charge in [0.25, 0.3) is 0 Å². The number of anilines is 1. The normalized spacial score (nSPS) is 19.3. The molecule has 1 aromatic heterocycles. The van der Waals surface area contributed by atoms with Crippen LogP contribution in [0.1, 0.15) is 44.2 Å². The zero-order valence-corrected chi connectivity index (χ0v) is 12.7. The van der Waals surface area contributed by atoms with E-state index in [1.54, 1.807) is 12.4 Å². The summed E-state index contributed by atoms with van der Waals surface area (Å²) in [6.45, 7) is 1.66. The third-order valence-corrected chi connectivity index (χ3v) is 4.64. The van der Waals surface area contributed by atoms with E-state index in [2.05, 4.69) is 26.3 Å². The SMILES string of the molecule is N#Cc1nccnc1N1CCC(CC(=O)NC2CCC2)CC1. The molecule has 2 fully saturated rings. The Kier molecular flexibility index (Phi) is 4.52. The maximum atomic E-state index is 12.0. The number of carbonyl (C=O) groups is 1. The number of hydrogen-bond donors (Lipinski definition) is 1. The Bertz CT molecular complexity index is 570. The summed E-state index contributed by atoms with van der Waals surface area (Å²) in [5.74, 6) is 1.29. The number of nitrogens with zero attached hydrogens (tertiary/aromatic N) is 4. The molecule has 3 rings (SSSR count). The molecule has 22 heavy (non-hydrogen) atoms. The smallest absolute Gasteiger partial charge is 0.220 e. The number of nitriles is 1. The fourth-order valence-corrected chi connectivity index (χ4v) is 3.09. The van der Waals surface area contributed by atoms with Crippen molar-refractivity contribution in [2.24, 2.45) is 5.92 Å². The van der Waals surface area contributed by atoms with Gasteiger partial charge in [-0.05, 0) is 38.0 Å². The molecule has 6 heteroatoms. The molecule has 1 amide bonds. The van der Waals surface area contributed by atoms with Crippen LogP contribution in [0.5, 0.6) is 0 Å². The highest BCUT2D eigenvalue weighted by molar-refractivity contribution is 5.76. The highest BCUT2D eigenvalue weighted by Crippen LogP contribution is 2.25. The van der Waals surface area contributed by atoms with Crippen LogP contribution in [0, 0.1) is 17.2 Å². The van der Waals surface area contributed by atoms with Crippen molar-refractivity contribution in [1.82, 2.24) is 15.3 Å². The van der Waals surface area contributed by atoms with E-state index in [1.807, 2.05) is 0 Å². The molecule has 116 valence electrons. The maximum absolute atomic E-state index is 12.0. The van der Waals surface area contributed by atoms with Gasteiger partial charge in [-0.15, -0.1) is 0 Å². The van der Waals surface area contributed by atoms with Crippen molar-refractivity contribution in [3.8, 4) is 6.07 Å². The molecule has 0 bridgehead atoms. The molecule has 6 nitrogen and oxygen atoms in total. The van der Waals surface area contributed by atoms with Crippen LogP contribution in [0.15, 0.2) is 12.4 Å². The summed E-state index contributed by atoms with van der Waals surface area (Å²) < 4.78 is 0. The van der Waals surface area contributed by atoms with Crippen molar-refractivity contribution in [1.29, 1.82) is 5.26 Å². The van der Waals surface area contributed by atoms with Gasteiger partial charge in [0, 0.05) is 37.9 Å². The average Bonchev–Trinajstić information content (AvgIpc) is 2.52. The van der Waals surface area contributed by atoms with Crippen LogP contribution in [-0.2, 0) is 4.79 Å². The van der Waals surface area contributed by atoms with Crippen molar-refractivity contribution in [2.45, 2.75) is 44.6 Å². The fourth-order valence-electron chi connectivity index (χ4n) is 3.09. The first-order chi connectivity index (χ1) is 10.8. The Morgan fingerprint density at radius 2 is 2.00 bits per heavy atom. The zero-order valence-electron chi connectivity index (χ0n) is 12.7. The molecule has 1 aromatic rings. The summed E-state index contributed by atoms with van der Waals surface area (Å²) >= 11 is 0. The van der Waals surface area contributed by atoms with Crippen LogP contribution >= 0.6 is 0 Å². The van der Waals surface area contributed by atoms with Crippen LogP contribution in [0.2, 0.25) is 0 Å². The third kappa shape index (κ3) is 3.35. The number of aromatic nitrogens is 2. The minimum absolute atomic E-state index is 0.195. The summed E-state index contributed by atoms with van der Waals surface area (Å²) in [6.07, 6.45) is 9.20. The first kappa shape index (κ1) is 14.8. The first-order valence-corrected chi connectivity index (χ1v) is 8.01. The fraction of sp³-hybridized carbons (Fsp3) is 0.625. The van der Waals surface area contributed by atoms with E-state index in [4.69, 9.17) is 5.26 Å². The van der Waals surface area contributed by atoms with E-state index in [0.29, 0.717) is 29.9 Å². The Hall–Kier alpha value is -2.16. The quantitative estimate of drug-likeness (QED) is 0.913. The molecule has 2 aliphatic rings. The van der Waals surface area contributed by atoms with Gasteiger partial charge in [-0.1, -0.05) is 0 Å². The molecule has 1 saturated carbocycles. The Morgan fingerprint density at radius 1 is 1.27 bits per heavy atom. The van der Waals surface area contributed by atoms with Gasteiger partial charge in [0.15, 0.2) is 11.5 Å². The number of hydrogen-bond acceptors (Lipinski definition) is 5. The predicted molar refractivity (Wildman–Crippen MR) is 82.1 cm³/mol. The number of piperidine rings is 1. The average molecular weight is 299 g/mol. The summed E-state index contributed by atoms with van der Waals surface area (Å²) in [4.78, 5) is 22.4. The van der Waals surface area contributed by atoms with Crippen LogP contribution in [0.25, 0.3) is 0 Å². The van der Waals surface area contributed by atoms with Crippen LogP contribution in [-0.4, -0.2) is 35.0 Å². The molecule has 0 radical (unpaired) electrons. The number of amides is 1. The van der Waals surface area contributed by atoms with Crippen LogP contribution in [0.3, 0.4) is 0 Å². The Labute approximate surface area is 130 Å². The summed E-state index contributed by atoms with van der Waals surface area (Å²) in [7, 11) is 0. The molecule has 0 unspecified atom stereocenters. The molecule has 1 aliphatic carbocycles. The van der Waals surface area contributed by atoms with Crippen LogP contribution in [0.4, 0.5) is 5.82 Å². The zero-order chi connectivity index (χ0) is 15.4. The van der Waals surface area contributed by atoms with E-state index < -0.39 is 0 Å². The number of carbonyl (C=O) groups excluding carboxylic acids is 1. The lowest BCUT2D eigenvalue weighted by atomic mass is 9.90. The minimum atomic E-state index is 0.195. The Morgan fingerprint density at radius 3 is 2.64 bits per heavy atom. The van der Waals surface area contributed by atoms with Crippen molar-refractivity contribution in [2.75, 3.05) is 18.0 Å². The molecular formula is C16H21N5O. The van der Waals surface area contributed by atoms with Gasteiger partial charge in [0.05, 0.1) is 0 Å². The lowest BCUT2D eigenvalue weighted by Gasteiger charge is -2.33. The van der Waals surface area contributed by atoms with Gasteiger partial charge in [-0.25, -0.2) is 9.97 Å². The molecule has 0 aromatic carbocycles. The van der Waals surface area contributed by atoms with Gasteiger partial charge >= 0.3 is 0 Å². The van der Waals surface area contributed by atoms with Crippen LogP contribution < -0.4 is 10.2 Å². The largest absolute Gasteiger partial charge is 0.354 e. The van der Waals surface area contributed by atoms with Gasteiger partial charge in [-0.2, -0.15) is 5.26 Å². The van der Waals surface area contributed by atoms with E-state index >= 15 is 0 Å².